The number of anilines is 1. The predicted octanol–water partition coefficient (Wildman–Crippen LogP) is 3.12. The SMILES string of the molecule is CC(C(=O)Nc1ccccc1Oc1ccccc1)N1CCC(CO)C1. The quantitative estimate of drug-likeness (QED) is 0.848. The molecule has 1 aliphatic rings. The van der Waals surface area contributed by atoms with Gasteiger partial charge in [-0.05, 0) is 50.1 Å². The summed E-state index contributed by atoms with van der Waals surface area (Å²) in [7, 11) is 0. The summed E-state index contributed by atoms with van der Waals surface area (Å²) in [6, 6.07) is 16.7. The lowest BCUT2D eigenvalue weighted by Gasteiger charge is -2.23. The monoisotopic (exact) mass is 340 g/mol. The number of likely N-dealkylation sites (tertiary alicyclic amines) is 1. The van der Waals surface area contributed by atoms with E-state index < -0.39 is 0 Å². The molecule has 132 valence electrons. The molecule has 1 saturated heterocycles. The van der Waals surface area contributed by atoms with Gasteiger partial charge < -0.3 is 15.2 Å². The van der Waals surface area contributed by atoms with Crippen LogP contribution in [0.25, 0.3) is 0 Å². The lowest BCUT2D eigenvalue weighted by Crippen LogP contribution is -2.40. The molecular weight excluding hydrogens is 316 g/mol. The van der Waals surface area contributed by atoms with Crippen molar-refractivity contribution in [2.75, 3.05) is 25.0 Å². The topological polar surface area (TPSA) is 61.8 Å². The van der Waals surface area contributed by atoms with E-state index in [1.807, 2.05) is 61.5 Å². The van der Waals surface area contributed by atoms with Gasteiger partial charge in [-0.3, -0.25) is 9.69 Å². The zero-order valence-corrected chi connectivity index (χ0v) is 14.4. The number of carbonyl (C=O) groups excluding carboxylic acids is 1. The van der Waals surface area contributed by atoms with Gasteiger partial charge >= 0.3 is 0 Å². The fraction of sp³-hybridized carbons (Fsp3) is 0.350. The summed E-state index contributed by atoms with van der Waals surface area (Å²) in [4.78, 5) is 14.7. The Bertz CT molecular complexity index is 705. The standard InChI is InChI=1S/C20H24N2O3/c1-15(22-12-11-16(13-22)14-23)20(24)21-18-9-5-6-10-19(18)25-17-7-3-2-4-8-17/h2-10,15-16,23H,11-14H2,1H3,(H,21,24). The second-order valence-electron chi connectivity index (χ2n) is 6.41. The summed E-state index contributed by atoms with van der Waals surface area (Å²) in [6.07, 6.45) is 0.932. The number of nitrogens with zero attached hydrogens (tertiary/aromatic N) is 1. The minimum atomic E-state index is -0.249. The van der Waals surface area contributed by atoms with Crippen LogP contribution >= 0.6 is 0 Å². The van der Waals surface area contributed by atoms with E-state index in [9.17, 15) is 9.90 Å². The van der Waals surface area contributed by atoms with Crippen LogP contribution in [0.2, 0.25) is 0 Å². The zero-order valence-electron chi connectivity index (χ0n) is 14.4. The third-order valence-electron chi connectivity index (χ3n) is 4.62. The Morgan fingerprint density at radius 2 is 1.96 bits per heavy atom. The number of aliphatic hydroxyl groups is 1. The maximum atomic E-state index is 12.6. The van der Waals surface area contributed by atoms with Gasteiger partial charge in [-0.15, -0.1) is 0 Å². The fourth-order valence-electron chi connectivity index (χ4n) is 3.04. The normalized spacial score (nSPS) is 18.7. The number of para-hydroxylation sites is 3. The van der Waals surface area contributed by atoms with Crippen molar-refractivity contribution in [2.45, 2.75) is 19.4 Å². The van der Waals surface area contributed by atoms with Crippen molar-refractivity contribution in [3.05, 3.63) is 54.6 Å². The van der Waals surface area contributed by atoms with Crippen molar-refractivity contribution in [1.82, 2.24) is 4.90 Å². The van der Waals surface area contributed by atoms with Crippen molar-refractivity contribution in [2.24, 2.45) is 5.92 Å². The lowest BCUT2D eigenvalue weighted by atomic mass is 10.1. The molecule has 0 bridgehead atoms. The van der Waals surface area contributed by atoms with Crippen LogP contribution in [0.5, 0.6) is 11.5 Å². The molecule has 2 unspecified atom stereocenters. The van der Waals surface area contributed by atoms with E-state index in [0.29, 0.717) is 11.4 Å². The van der Waals surface area contributed by atoms with Gasteiger partial charge in [-0.25, -0.2) is 0 Å². The largest absolute Gasteiger partial charge is 0.455 e. The van der Waals surface area contributed by atoms with Crippen LogP contribution in [0.4, 0.5) is 5.69 Å². The highest BCUT2D eigenvalue weighted by Gasteiger charge is 2.29. The van der Waals surface area contributed by atoms with Crippen molar-refractivity contribution in [3.63, 3.8) is 0 Å². The lowest BCUT2D eigenvalue weighted by molar-refractivity contribution is -0.120. The van der Waals surface area contributed by atoms with Crippen LogP contribution < -0.4 is 10.1 Å². The van der Waals surface area contributed by atoms with E-state index in [4.69, 9.17) is 4.74 Å². The highest BCUT2D eigenvalue weighted by Crippen LogP contribution is 2.29. The van der Waals surface area contributed by atoms with Crippen LogP contribution in [0.3, 0.4) is 0 Å². The number of hydrogen-bond acceptors (Lipinski definition) is 4. The molecule has 1 amide bonds. The number of carbonyl (C=O) groups is 1. The van der Waals surface area contributed by atoms with Gasteiger partial charge in [0.15, 0.2) is 5.75 Å². The van der Waals surface area contributed by atoms with Crippen LogP contribution in [0, 0.1) is 5.92 Å². The molecule has 0 saturated carbocycles. The third kappa shape index (κ3) is 4.38. The first-order valence-electron chi connectivity index (χ1n) is 8.65. The number of aliphatic hydroxyl groups excluding tert-OH is 1. The van der Waals surface area contributed by atoms with Gasteiger partial charge in [0, 0.05) is 13.2 Å². The molecular formula is C20H24N2O3. The zero-order chi connectivity index (χ0) is 17.6. The number of rotatable bonds is 6. The molecule has 3 rings (SSSR count). The number of nitrogens with one attached hydrogen (secondary N) is 1. The van der Waals surface area contributed by atoms with E-state index >= 15 is 0 Å². The Labute approximate surface area is 148 Å². The molecule has 5 nitrogen and oxygen atoms in total. The molecule has 0 aromatic heterocycles. The van der Waals surface area contributed by atoms with E-state index in [0.717, 1.165) is 25.3 Å². The molecule has 1 heterocycles. The Hall–Kier alpha value is -2.37. The maximum absolute atomic E-state index is 12.6. The van der Waals surface area contributed by atoms with Crippen LogP contribution in [0.1, 0.15) is 13.3 Å². The van der Waals surface area contributed by atoms with Crippen molar-refractivity contribution in [3.8, 4) is 11.5 Å². The van der Waals surface area contributed by atoms with Crippen molar-refractivity contribution >= 4 is 11.6 Å². The molecule has 0 spiro atoms. The summed E-state index contributed by atoms with van der Waals surface area (Å²) >= 11 is 0. The van der Waals surface area contributed by atoms with E-state index in [-0.39, 0.29) is 24.5 Å². The molecule has 1 aliphatic heterocycles. The first-order chi connectivity index (χ1) is 12.2. The summed E-state index contributed by atoms with van der Waals surface area (Å²) in [6.45, 7) is 3.67. The number of ether oxygens (including phenoxy) is 1. The smallest absolute Gasteiger partial charge is 0.241 e. The molecule has 0 aliphatic carbocycles. The Balaban J connectivity index is 1.67. The van der Waals surface area contributed by atoms with Gasteiger partial charge in [0.1, 0.15) is 5.75 Å². The van der Waals surface area contributed by atoms with Gasteiger partial charge in [0.25, 0.3) is 0 Å². The van der Waals surface area contributed by atoms with Crippen molar-refractivity contribution < 1.29 is 14.6 Å². The average Bonchev–Trinajstić information content (AvgIpc) is 3.12. The van der Waals surface area contributed by atoms with E-state index in [1.54, 1.807) is 0 Å². The van der Waals surface area contributed by atoms with Gasteiger partial charge in [0.05, 0.1) is 11.7 Å². The Morgan fingerprint density at radius 3 is 2.68 bits per heavy atom. The number of benzene rings is 2. The Morgan fingerprint density at radius 1 is 1.24 bits per heavy atom. The highest BCUT2D eigenvalue weighted by molar-refractivity contribution is 5.95. The predicted molar refractivity (Wildman–Crippen MR) is 97.8 cm³/mol. The molecule has 5 heteroatoms. The molecule has 2 aromatic carbocycles. The summed E-state index contributed by atoms with van der Waals surface area (Å²) < 4.78 is 5.89. The minimum absolute atomic E-state index is 0.0669. The molecule has 2 atom stereocenters. The molecule has 25 heavy (non-hydrogen) atoms. The van der Waals surface area contributed by atoms with Crippen LogP contribution in [-0.4, -0.2) is 41.7 Å². The second-order valence-corrected chi connectivity index (χ2v) is 6.41. The second kappa shape index (κ2) is 8.14. The van der Waals surface area contributed by atoms with Gasteiger partial charge in [-0.2, -0.15) is 0 Å². The number of amides is 1. The first kappa shape index (κ1) is 17.5. The molecule has 0 radical (unpaired) electrons. The maximum Gasteiger partial charge on any atom is 0.241 e. The molecule has 2 N–H and O–H groups in total. The third-order valence-corrected chi connectivity index (χ3v) is 4.62. The molecule has 1 fully saturated rings. The summed E-state index contributed by atoms with van der Waals surface area (Å²) in [5, 5.41) is 12.2. The molecule has 2 aromatic rings. The van der Waals surface area contributed by atoms with Gasteiger partial charge in [-0.1, -0.05) is 30.3 Å². The summed E-state index contributed by atoms with van der Waals surface area (Å²) in [5.41, 5.74) is 0.654. The minimum Gasteiger partial charge on any atom is -0.455 e. The van der Waals surface area contributed by atoms with Crippen LogP contribution in [-0.2, 0) is 4.79 Å². The fourth-order valence-corrected chi connectivity index (χ4v) is 3.04. The van der Waals surface area contributed by atoms with Crippen LogP contribution in [0.15, 0.2) is 54.6 Å². The van der Waals surface area contributed by atoms with E-state index in [1.165, 1.54) is 0 Å². The summed E-state index contributed by atoms with van der Waals surface area (Å²) in [5.74, 6) is 1.54. The first-order valence-corrected chi connectivity index (χ1v) is 8.65. The average molecular weight is 340 g/mol. The van der Waals surface area contributed by atoms with Gasteiger partial charge in [0.2, 0.25) is 5.91 Å². The Kier molecular flexibility index (Phi) is 5.68. The number of hydrogen-bond donors (Lipinski definition) is 2. The van der Waals surface area contributed by atoms with E-state index in [2.05, 4.69) is 10.2 Å². The van der Waals surface area contributed by atoms with Crippen molar-refractivity contribution in [1.29, 1.82) is 0 Å². The highest BCUT2D eigenvalue weighted by atomic mass is 16.5.